The summed E-state index contributed by atoms with van der Waals surface area (Å²) < 4.78 is 55.0. The van der Waals surface area contributed by atoms with Gasteiger partial charge in [0, 0.05) is 11.6 Å². The predicted octanol–water partition coefficient (Wildman–Crippen LogP) is 7.40. The number of halogens is 3. The molecule has 0 aliphatic heterocycles. The Hall–Kier alpha value is -2.99. The molecule has 0 heterocycles. The van der Waals surface area contributed by atoms with Gasteiger partial charge in [0.05, 0.1) is 12.7 Å². The number of hydrogen-bond donors (Lipinski definition) is 1. The first-order valence-corrected chi connectivity index (χ1v) is 12.2. The zero-order chi connectivity index (χ0) is 24.9. The van der Waals surface area contributed by atoms with E-state index in [0.29, 0.717) is 23.5 Å². The Morgan fingerprint density at radius 3 is 2.23 bits per heavy atom. The molecule has 0 saturated heterocycles. The van der Waals surface area contributed by atoms with Crippen LogP contribution in [-0.2, 0) is 6.61 Å². The van der Waals surface area contributed by atoms with Crippen LogP contribution < -0.4 is 9.47 Å². The largest absolute Gasteiger partial charge is 0.494 e. The molecule has 3 nitrogen and oxygen atoms in total. The number of ether oxygens (including phenoxy) is 2. The molecule has 1 aliphatic rings. The van der Waals surface area contributed by atoms with Gasteiger partial charge in [0.15, 0.2) is 23.2 Å². The number of aliphatic hydroxyl groups is 1. The van der Waals surface area contributed by atoms with Crippen molar-refractivity contribution >= 4 is 0 Å². The molecule has 4 rings (SSSR count). The first kappa shape index (κ1) is 25.1. The molecule has 3 aromatic carbocycles. The summed E-state index contributed by atoms with van der Waals surface area (Å²) in [6, 6.07) is 14.7. The van der Waals surface area contributed by atoms with Gasteiger partial charge in [-0.05, 0) is 80.2 Å². The second-order valence-corrected chi connectivity index (χ2v) is 9.19. The molecule has 3 aromatic rings. The summed E-state index contributed by atoms with van der Waals surface area (Å²) in [5.41, 5.74) is 1.95. The van der Waals surface area contributed by atoms with Crippen LogP contribution in [0.5, 0.6) is 11.5 Å². The van der Waals surface area contributed by atoms with Crippen LogP contribution in [0, 0.1) is 23.4 Å². The summed E-state index contributed by atoms with van der Waals surface area (Å²) in [7, 11) is 0. The van der Waals surface area contributed by atoms with Crippen LogP contribution in [0.4, 0.5) is 13.2 Å². The molecule has 1 N–H and O–H groups in total. The van der Waals surface area contributed by atoms with Crippen molar-refractivity contribution in [1.29, 1.82) is 0 Å². The summed E-state index contributed by atoms with van der Waals surface area (Å²) in [6.45, 7) is 4.20. The standard InChI is InChI=1S/C29H31F3O3/c1-3-34-23-12-15-27(26(30)16-23)35-17-19-4-6-21(7-5-19)24-13-14-25(29(32)28(24)31)22-10-8-20(9-11-22)18(2)33/h4-7,12-16,18,20,22,33H,3,8-11,17H2,1-2H3. The molecular weight excluding hydrogens is 453 g/mol. The van der Waals surface area contributed by atoms with Crippen LogP contribution in [0.15, 0.2) is 54.6 Å². The van der Waals surface area contributed by atoms with Crippen LogP contribution in [-0.4, -0.2) is 17.8 Å². The third kappa shape index (κ3) is 5.81. The second kappa shape index (κ2) is 11.2. The van der Waals surface area contributed by atoms with E-state index in [9.17, 15) is 9.50 Å². The highest BCUT2D eigenvalue weighted by Crippen LogP contribution is 2.39. The smallest absolute Gasteiger partial charge is 0.168 e. The fraction of sp³-hybridized carbons (Fsp3) is 0.379. The van der Waals surface area contributed by atoms with Crippen LogP contribution in [0.1, 0.15) is 56.6 Å². The van der Waals surface area contributed by atoms with Gasteiger partial charge >= 0.3 is 0 Å². The highest BCUT2D eigenvalue weighted by Gasteiger charge is 2.28. The van der Waals surface area contributed by atoms with E-state index < -0.39 is 17.5 Å². The van der Waals surface area contributed by atoms with Gasteiger partial charge in [0.25, 0.3) is 0 Å². The molecule has 1 fully saturated rings. The third-order valence-corrected chi connectivity index (χ3v) is 6.88. The fourth-order valence-corrected chi connectivity index (χ4v) is 4.81. The second-order valence-electron chi connectivity index (χ2n) is 9.19. The van der Waals surface area contributed by atoms with Crippen molar-refractivity contribution in [2.45, 2.75) is 58.2 Å². The zero-order valence-corrected chi connectivity index (χ0v) is 20.1. The van der Waals surface area contributed by atoms with Gasteiger partial charge in [-0.3, -0.25) is 0 Å². The lowest BCUT2D eigenvalue weighted by Gasteiger charge is -2.30. The summed E-state index contributed by atoms with van der Waals surface area (Å²) in [6.07, 6.45) is 2.75. The van der Waals surface area contributed by atoms with Crippen LogP contribution in [0.3, 0.4) is 0 Å². The van der Waals surface area contributed by atoms with E-state index in [2.05, 4.69) is 0 Å². The van der Waals surface area contributed by atoms with E-state index in [1.807, 2.05) is 6.92 Å². The molecule has 6 heteroatoms. The minimum Gasteiger partial charge on any atom is -0.494 e. The summed E-state index contributed by atoms with van der Waals surface area (Å²) in [5.74, 6) is -1.40. The van der Waals surface area contributed by atoms with E-state index in [0.717, 1.165) is 31.2 Å². The molecule has 186 valence electrons. The molecule has 1 aliphatic carbocycles. The molecule has 1 unspecified atom stereocenters. The lowest BCUT2D eigenvalue weighted by atomic mass is 9.76. The lowest BCUT2D eigenvalue weighted by molar-refractivity contribution is 0.0964. The fourth-order valence-electron chi connectivity index (χ4n) is 4.81. The van der Waals surface area contributed by atoms with E-state index >= 15 is 8.78 Å². The highest BCUT2D eigenvalue weighted by atomic mass is 19.2. The zero-order valence-electron chi connectivity index (χ0n) is 20.1. The molecule has 1 saturated carbocycles. The Bertz CT molecular complexity index is 1140. The Morgan fingerprint density at radius 2 is 1.60 bits per heavy atom. The van der Waals surface area contributed by atoms with Crippen LogP contribution >= 0.6 is 0 Å². The summed E-state index contributed by atoms with van der Waals surface area (Å²) in [5, 5.41) is 9.78. The van der Waals surface area contributed by atoms with Crippen molar-refractivity contribution in [3.8, 4) is 22.6 Å². The molecule has 0 radical (unpaired) electrons. The van der Waals surface area contributed by atoms with Gasteiger partial charge in [-0.15, -0.1) is 0 Å². The van der Waals surface area contributed by atoms with Gasteiger partial charge in [-0.2, -0.15) is 0 Å². The SMILES string of the molecule is CCOc1ccc(OCc2ccc(-c3ccc(C4CCC(C(C)O)CC4)c(F)c3F)cc2)c(F)c1. The molecule has 1 atom stereocenters. The Morgan fingerprint density at radius 1 is 0.886 bits per heavy atom. The van der Waals surface area contributed by atoms with Crippen molar-refractivity contribution in [3.05, 3.63) is 83.2 Å². The van der Waals surface area contributed by atoms with Gasteiger partial charge in [-0.1, -0.05) is 36.4 Å². The van der Waals surface area contributed by atoms with Crippen molar-refractivity contribution < 1.29 is 27.8 Å². The van der Waals surface area contributed by atoms with E-state index in [4.69, 9.17) is 9.47 Å². The average molecular weight is 485 g/mol. The maximum atomic E-state index is 15.0. The molecule has 0 spiro atoms. The first-order valence-electron chi connectivity index (χ1n) is 12.2. The molecule has 0 amide bonds. The van der Waals surface area contributed by atoms with Gasteiger partial charge in [0.1, 0.15) is 12.4 Å². The van der Waals surface area contributed by atoms with Crippen LogP contribution in [0.25, 0.3) is 11.1 Å². The topological polar surface area (TPSA) is 38.7 Å². The Balaban J connectivity index is 1.42. The predicted molar refractivity (Wildman–Crippen MR) is 130 cm³/mol. The first-order chi connectivity index (χ1) is 16.9. The Kier molecular flexibility index (Phi) is 8.01. The molecule has 0 aromatic heterocycles. The average Bonchev–Trinajstić information content (AvgIpc) is 2.86. The van der Waals surface area contributed by atoms with Gasteiger partial charge in [0.2, 0.25) is 0 Å². The molecule has 0 bridgehead atoms. The summed E-state index contributed by atoms with van der Waals surface area (Å²) in [4.78, 5) is 0. The molecule has 35 heavy (non-hydrogen) atoms. The highest BCUT2D eigenvalue weighted by molar-refractivity contribution is 5.65. The van der Waals surface area contributed by atoms with Crippen molar-refractivity contribution in [2.75, 3.05) is 6.61 Å². The quantitative estimate of drug-likeness (QED) is 0.362. The lowest BCUT2D eigenvalue weighted by Crippen LogP contribution is -2.23. The number of aliphatic hydroxyl groups excluding tert-OH is 1. The van der Waals surface area contributed by atoms with Crippen LogP contribution in [0.2, 0.25) is 0 Å². The minimum atomic E-state index is -0.847. The normalized spacial score (nSPS) is 18.8. The van der Waals surface area contributed by atoms with Crippen molar-refractivity contribution in [1.82, 2.24) is 0 Å². The summed E-state index contributed by atoms with van der Waals surface area (Å²) >= 11 is 0. The van der Waals surface area contributed by atoms with E-state index in [1.54, 1.807) is 49.4 Å². The monoisotopic (exact) mass is 484 g/mol. The molecular formula is C29H31F3O3. The number of benzene rings is 3. The number of rotatable bonds is 8. The minimum absolute atomic E-state index is 0.0314. The number of hydrogen-bond acceptors (Lipinski definition) is 3. The van der Waals surface area contributed by atoms with Crippen molar-refractivity contribution in [3.63, 3.8) is 0 Å². The van der Waals surface area contributed by atoms with Crippen molar-refractivity contribution in [2.24, 2.45) is 5.92 Å². The van der Waals surface area contributed by atoms with E-state index in [-0.39, 0.29) is 35.9 Å². The maximum Gasteiger partial charge on any atom is 0.168 e. The maximum absolute atomic E-state index is 15.0. The van der Waals surface area contributed by atoms with Gasteiger partial charge < -0.3 is 14.6 Å². The Labute approximate surface area is 204 Å². The van der Waals surface area contributed by atoms with E-state index in [1.165, 1.54) is 12.1 Å². The third-order valence-electron chi connectivity index (χ3n) is 6.88. The van der Waals surface area contributed by atoms with Gasteiger partial charge in [-0.25, -0.2) is 13.2 Å².